The van der Waals surface area contributed by atoms with Gasteiger partial charge in [-0.25, -0.2) is 0 Å². The van der Waals surface area contributed by atoms with E-state index in [2.05, 4.69) is 24.3 Å². The highest BCUT2D eigenvalue weighted by atomic mass is 35.5. The van der Waals surface area contributed by atoms with Gasteiger partial charge in [-0.3, -0.25) is 0 Å². The van der Waals surface area contributed by atoms with Crippen molar-refractivity contribution in [1.82, 2.24) is 0 Å². The molecule has 1 N–H and O–H groups in total. The van der Waals surface area contributed by atoms with Crippen molar-refractivity contribution in [3.63, 3.8) is 0 Å². The number of nitrogens with one attached hydrogen (secondary N) is 1. The predicted octanol–water partition coefficient (Wildman–Crippen LogP) is -0.384. The van der Waals surface area contributed by atoms with Gasteiger partial charge in [0.25, 0.3) is 0 Å². The van der Waals surface area contributed by atoms with Crippen molar-refractivity contribution in [2.45, 2.75) is 19.3 Å². The minimum atomic E-state index is 0. The topological polar surface area (TPSA) is 22.9 Å². The van der Waals surface area contributed by atoms with Crippen LogP contribution in [0.4, 0.5) is 0 Å². The smallest absolute Gasteiger partial charge is 0.122 e. The zero-order valence-electron chi connectivity index (χ0n) is 15.2. The van der Waals surface area contributed by atoms with Gasteiger partial charge in [0.15, 0.2) is 0 Å². The number of hydrogen-bond donors (Lipinski definition) is 1. The maximum absolute atomic E-state index is 5.79. The fourth-order valence-electron chi connectivity index (χ4n) is 4.36. The molecule has 0 radical (unpaired) electrons. The molecule has 3 aliphatic heterocycles. The Morgan fingerprint density at radius 1 is 0.808 bits per heavy atom. The van der Waals surface area contributed by atoms with Crippen LogP contribution in [0.25, 0.3) is 0 Å². The molecule has 0 aromatic heterocycles. The first-order valence-corrected chi connectivity index (χ1v) is 9.60. The Balaban J connectivity index is 0.00000196. The van der Waals surface area contributed by atoms with E-state index in [9.17, 15) is 0 Å². The summed E-state index contributed by atoms with van der Waals surface area (Å²) in [6.07, 6.45) is 4.09. The lowest BCUT2D eigenvalue weighted by Crippen LogP contribution is -3.15. The van der Waals surface area contributed by atoms with E-state index in [4.69, 9.17) is 9.47 Å². The van der Waals surface area contributed by atoms with Crippen molar-refractivity contribution in [3.05, 3.63) is 60.2 Å². The van der Waals surface area contributed by atoms with Crippen molar-refractivity contribution in [2.75, 3.05) is 32.8 Å². The summed E-state index contributed by atoms with van der Waals surface area (Å²) >= 11 is 0. The third-order valence-corrected chi connectivity index (χ3v) is 5.74. The Kier molecular flexibility index (Phi) is 6.81. The number of benzene rings is 2. The minimum Gasteiger partial charge on any atom is -1.00 e. The molecule has 1 unspecified atom stereocenters. The molecule has 0 spiro atoms. The van der Waals surface area contributed by atoms with E-state index >= 15 is 0 Å². The van der Waals surface area contributed by atoms with E-state index in [1.807, 2.05) is 35.2 Å². The summed E-state index contributed by atoms with van der Waals surface area (Å²) in [6, 6.07) is 18.5. The molecule has 1 atom stereocenters. The van der Waals surface area contributed by atoms with Gasteiger partial charge in [0.2, 0.25) is 0 Å². The zero-order chi connectivity index (χ0) is 16.9. The van der Waals surface area contributed by atoms with Gasteiger partial charge in [0.05, 0.1) is 19.6 Å². The highest BCUT2D eigenvalue weighted by Crippen LogP contribution is 2.27. The largest absolute Gasteiger partial charge is 1.00 e. The summed E-state index contributed by atoms with van der Waals surface area (Å²) in [7, 11) is 0. The van der Waals surface area contributed by atoms with E-state index in [-0.39, 0.29) is 12.4 Å². The number of halogens is 1. The molecule has 2 bridgehead atoms. The van der Waals surface area contributed by atoms with Gasteiger partial charge in [0.1, 0.15) is 24.7 Å². The van der Waals surface area contributed by atoms with Crippen molar-refractivity contribution < 1.29 is 26.8 Å². The molecule has 3 nitrogen and oxygen atoms in total. The van der Waals surface area contributed by atoms with Crippen LogP contribution in [0, 0.1) is 11.8 Å². The first-order valence-electron chi connectivity index (χ1n) is 9.60. The maximum atomic E-state index is 5.79. The molecule has 3 heterocycles. The Morgan fingerprint density at radius 3 is 2.00 bits per heavy atom. The van der Waals surface area contributed by atoms with Crippen LogP contribution in [0.15, 0.2) is 54.6 Å². The Labute approximate surface area is 162 Å². The molecular weight excluding hydrogens is 346 g/mol. The SMILES string of the molecule is [Cl-].c1ccc(OCCOc2ccc(CC3C[NH+]4CCC3CC4)cc2)cc1. The van der Waals surface area contributed by atoms with Crippen LogP contribution in [0.1, 0.15) is 18.4 Å². The number of ether oxygens (including phenoxy) is 2. The highest BCUT2D eigenvalue weighted by molar-refractivity contribution is 5.27. The summed E-state index contributed by atoms with van der Waals surface area (Å²) in [4.78, 5) is 1.82. The first-order chi connectivity index (χ1) is 12.4. The van der Waals surface area contributed by atoms with Crippen molar-refractivity contribution in [1.29, 1.82) is 0 Å². The van der Waals surface area contributed by atoms with Crippen LogP contribution in [0.2, 0.25) is 0 Å². The maximum Gasteiger partial charge on any atom is 0.122 e. The molecule has 2 aromatic carbocycles. The first kappa shape index (κ1) is 19.1. The number of hydrogen-bond acceptors (Lipinski definition) is 2. The predicted molar refractivity (Wildman–Crippen MR) is 99.4 cm³/mol. The number of piperidine rings is 3. The quantitative estimate of drug-likeness (QED) is 0.668. The molecule has 5 rings (SSSR count). The van der Waals surface area contributed by atoms with E-state index in [1.54, 1.807) is 0 Å². The van der Waals surface area contributed by atoms with Crippen LogP contribution in [-0.4, -0.2) is 32.8 Å². The molecule has 4 heteroatoms. The third-order valence-electron chi connectivity index (χ3n) is 5.74. The number of para-hydroxylation sites is 1. The van der Waals surface area contributed by atoms with Gasteiger partial charge < -0.3 is 26.8 Å². The van der Waals surface area contributed by atoms with E-state index in [1.165, 1.54) is 44.5 Å². The van der Waals surface area contributed by atoms with Crippen LogP contribution in [0.5, 0.6) is 11.5 Å². The Hall–Kier alpha value is -1.71. The normalized spacial score (nSPS) is 23.9. The summed E-state index contributed by atoms with van der Waals surface area (Å²) in [5, 5.41) is 0. The monoisotopic (exact) mass is 373 g/mol. The molecule has 3 saturated heterocycles. The molecule has 140 valence electrons. The lowest BCUT2D eigenvalue weighted by atomic mass is 9.76. The fraction of sp³-hybridized carbons (Fsp3) is 0.455. The lowest BCUT2D eigenvalue weighted by Gasteiger charge is -2.42. The molecule has 0 saturated carbocycles. The number of fused-ring (bicyclic) bond motifs is 3. The standard InChI is InChI=1S/C22H27NO2.ClH/c1-2-4-21(5-3-1)24-14-15-25-22-8-6-18(7-9-22)16-20-17-23-12-10-19(20)11-13-23;/h1-9,19-20H,10-17H2;1H. The second-order valence-electron chi connectivity index (χ2n) is 7.41. The van der Waals surface area contributed by atoms with E-state index in [0.717, 1.165) is 23.3 Å². The lowest BCUT2D eigenvalue weighted by molar-refractivity contribution is -0.921. The zero-order valence-corrected chi connectivity index (χ0v) is 16.0. The van der Waals surface area contributed by atoms with Gasteiger partial charge in [-0.1, -0.05) is 30.3 Å². The molecular formula is C22H28ClNO2. The molecule has 0 aliphatic carbocycles. The summed E-state index contributed by atoms with van der Waals surface area (Å²) in [5.74, 6) is 3.66. The van der Waals surface area contributed by atoms with Crippen LogP contribution in [-0.2, 0) is 6.42 Å². The summed E-state index contributed by atoms with van der Waals surface area (Å²) in [6.45, 7) is 5.31. The van der Waals surface area contributed by atoms with Crippen molar-refractivity contribution in [2.24, 2.45) is 11.8 Å². The van der Waals surface area contributed by atoms with Gasteiger partial charge in [-0.15, -0.1) is 0 Å². The second kappa shape index (κ2) is 9.29. The second-order valence-corrected chi connectivity index (χ2v) is 7.41. The van der Waals surface area contributed by atoms with Gasteiger partial charge in [-0.2, -0.15) is 0 Å². The Morgan fingerprint density at radius 2 is 1.42 bits per heavy atom. The number of quaternary nitrogens is 1. The van der Waals surface area contributed by atoms with Gasteiger partial charge in [0, 0.05) is 18.8 Å². The Bertz CT molecular complexity index is 654. The molecule has 3 aliphatic rings. The fourth-order valence-corrected chi connectivity index (χ4v) is 4.36. The van der Waals surface area contributed by atoms with Gasteiger partial charge >= 0.3 is 0 Å². The van der Waals surface area contributed by atoms with Crippen molar-refractivity contribution in [3.8, 4) is 11.5 Å². The van der Waals surface area contributed by atoms with Crippen LogP contribution in [0.3, 0.4) is 0 Å². The molecule has 3 fully saturated rings. The summed E-state index contributed by atoms with van der Waals surface area (Å²) < 4.78 is 11.4. The highest BCUT2D eigenvalue weighted by Gasteiger charge is 2.36. The molecule has 0 amide bonds. The minimum absolute atomic E-state index is 0. The molecule has 2 aromatic rings. The van der Waals surface area contributed by atoms with E-state index < -0.39 is 0 Å². The average molecular weight is 374 g/mol. The van der Waals surface area contributed by atoms with Crippen LogP contribution < -0.4 is 26.8 Å². The summed E-state index contributed by atoms with van der Waals surface area (Å²) in [5.41, 5.74) is 1.45. The third kappa shape index (κ3) is 4.93. The van der Waals surface area contributed by atoms with Gasteiger partial charge in [-0.05, 0) is 42.2 Å². The molecule has 26 heavy (non-hydrogen) atoms. The van der Waals surface area contributed by atoms with E-state index in [0.29, 0.717) is 13.2 Å². The number of rotatable bonds is 7. The van der Waals surface area contributed by atoms with Crippen LogP contribution >= 0.6 is 0 Å². The van der Waals surface area contributed by atoms with Crippen molar-refractivity contribution >= 4 is 0 Å². The average Bonchev–Trinajstić information content (AvgIpc) is 2.68.